The highest BCUT2D eigenvalue weighted by molar-refractivity contribution is 5.51. The van der Waals surface area contributed by atoms with Gasteiger partial charge in [0.25, 0.3) is 0 Å². The molecule has 1 fully saturated rings. The molecule has 0 spiro atoms. The van der Waals surface area contributed by atoms with Crippen LogP contribution in [-0.4, -0.2) is 28.9 Å². The minimum atomic E-state index is 0.633. The molecule has 0 radical (unpaired) electrons. The van der Waals surface area contributed by atoms with E-state index in [0.717, 1.165) is 13.1 Å². The molecule has 2 heterocycles. The van der Waals surface area contributed by atoms with Crippen molar-refractivity contribution in [3.8, 4) is 0 Å². The molecule has 4 heteroatoms. The van der Waals surface area contributed by atoms with Crippen molar-refractivity contribution in [2.45, 2.75) is 59.0 Å². The zero-order valence-electron chi connectivity index (χ0n) is 12.9. The molecule has 2 rings (SSSR count). The molecule has 1 atom stereocenters. The van der Waals surface area contributed by atoms with Crippen LogP contribution < -0.4 is 10.2 Å². The molecule has 0 aromatic carbocycles. The van der Waals surface area contributed by atoms with Crippen LogP contribution in [0.5, 0.6) is 0 Å². The van der Waals surface area contributed by atoms with E-state index >= 15 is 0 Å². The molecule has 1 N–H and O–H groups in total. The third-order valence-corrected chi connectivity index (χ3v) is 4.12. The van der Waals surface area contributed by atoms with Gasteiger partial charge in [0.2, 0.25) is 0 Å². The van der Waals surface area contributed by atoms with Gasteiger partial charge in [-0.3, -0.25) is 4.68 Å². The lowest BCUT2D eigenvalue weighted by Crippen LogP contribution is -2.39. The topological polar surface area (TPSA) is 33.1 Å². The van der Waals surface area contributed by atoms with Gasteiger partial charge < -0.3 is 10.2 Å². The molecular formula is C15H28N4. The fourth-order valence-corrected chi connectivity index (χ4v) is 3.06. The smallest absolute Gasteiger partial charge is 0.131 e. The highest BCUT2D eigenvalue weighted by Crippen LogP contribution is 2.29. The Kier molecular flexibility index (Phi) is 4.86. The van der Waals surface area contributed by atoms with Crippen LogP contribution in [0.1, 0.15) is 50.8 Å². The van der Waals surface area contributed by atoms with Crippen molar-refractivity contribution in [3.05, 3.63) is 11.3 Å². The van der Waals surface area contributed by atoms with Crippen molar-refractivity contribution in [1.29, 1.82) is 0 Å². The maximum atomic E-state index is 4.63. The summed E-state index contributed by atoms with van der Waals surface area (Å²) < 4.78 is 2.07. The van der Waals surface area contributed by atoms with E-state index in [4.69, 9.17) is 0 Å². The second kappa shape index (κ2) is 6.42. The first-order valence-electron chi connectivity index (χ1n) is 7.65. The number of rotatable bonds is 5. The molecule has 19 heavy (non-hydrogen) atoms. The minimum absolute atomic E-state index is 0.633. The summed E-state index contributed by atoms with van der Waals surface area (Å²) in [6.45, 7) is 9.85. The van der Waals surface area contributed by atoms with Gasteiger partial charge in [0.1, 0.15) is 5.82 Å². The number of nitrogens with one attached hydrogen (secondary N) is 1. The number of aryl methyl sites for hydroxylation is 2. The van der Waals surface area contributed by atoms with Crippen molar-refractivity contribution in [2.75, 3.05) is 18.0 Å². The summed E-state index contributed by atoms with van der Waals surface area (Å²) in [7, 11) is 2.08. The molecule has 1 saturated heterocycles. The average molecular weight is 264 g/mol. The number of piperidine rings is 1. The van der Waals surface area contributed by atoms with Crippen LogP contribution in [0, 0.1) is 6.92 Å². The van der Waals surface area contributed by atoms with Gasteiger partial charge in [0, 0.05) is 31.7 Å². The first kappa shape index (κ1) is 14.4. The standard InChI is InChI=1S/C15H28N4/c1-5-9-16-11-14-13(3)17-18(4)15(14)19-10-7-6-8-12(19)2/h12,16H,5-11H2,1-4H3. The van der Waals surface area contributed by atoms with Crippen LogP contribution in [0.3, 0.4) is 0 Å². The van der Waals surface area contributed by atoms with E-state index in [-0.39, 0.29) is 0 Å². The van der Waals surface area contributed by atoms with Gasteiger partial charge in [0.15, 0.2) is 0 Å². The number of hydrogen-bond acceptors (Lipinski definition) is 3. The van der Waals surface area contributed by atoms with E-state index in [2.05, 4.69) is 47.8 Å². The summed E-state index contributed by atoms with van der Waals surface area (Å²) in [6.07, 6.45) is 5.13. The normalized spacial score (nSPS) is 20.0. The summed E-state index contributed by atoms with van der Waals surface area (Å²) in [4.78, 5) is 2.55. The lowest BCUT2D eigenvalue weighted by molar-refractivity contribution is 0.472. The minimum Gasteiger partial charge on any atom is -0.354 e. The third-order valence-electron chi connectivity index (χ3n) is 4.12. The fourth-order valence-electron chi connectivity index (χ4n) is 3.06. The first-order valence-corrected chi connectivity index (χ1v) is 7.65. The van der Waals surface area contributed by atoms with Crippen LogP contribution in [0.4, 0.5) is 5.82 Å². The Bertz CT molecular complexity index is 411. The van der Waals surface area contributed by atoms with Crippen molar-refractivity contribution < 1.29 is 0 Å². The molecule has 0 aliphatic carbocycles. The summed E-state index contributed by atoms with van der Waals surface area (Å²) in [5.41, 5.74) is 2.54. The quantitative estimate of drug-likeness (QED) is 0.830. The van der Waals surface area contributed by atoms with E-state index in [0.29, 0.717) is 6.04 Å². The fraction of sp³-hybridized carbons (Fsp3) is 0.800. The molecule has 4 nitrogen and oxygen atoms in total. The molecule has 0 bridgehead atoms. The molecule has 1 unspecified atom stereocenters. The molecule has 108 valence electrons. The highest BCUT2D eigenvalue weighted by Gasteiger charge is 2.25. The zero-order chi connectivity index (χ0) is 13.8. The number of hydrogen-bond donors (Lipinski definition) is 1. The van der Waals surface area contributed by atoms with Crippen LogP contribution in [0.2, 0.25) is 0 Å². The van der Waals surface area contributed by atoms with E-state index in [9.17, 15) is 0 Å². The van der Waals surface area contributed by atoms with Crippen molar-refractivity contribution >= 4 is 5.82 Å². The van der Waals surface area contributed by atoms with Gasteiger partial charge in [-0.2, -0.15) is 5.10 Å². The van der Waals surface area contributed by atoms with Gasteiger partial charge in [-0.25, -0.2) is 0 Å². The summed E-state index contributed by atoms with van der Waals surface area (Å²) in [5.74, 6) is 1.33. The van der Waals surface area contributed by atoms with Gasteiger partial charge in [-0.15, -0.1) is 0 Å². The monoisotopic (exact) mass is 264 g/mol. The average Bonchev–Trinajstić information content (AvgIpc) is 2.66. The number of nitrogens with zero attached hydrogens (tertiary/aromatic N) is 3. The van der Waals surface area contributed by atoms with Crippen molar-refractivity contribution in [2.24, 2.45) is 7.05 Å². The zero-order valence-corrected chi connectivity index (χ0v) is 12.9. The van der Waals surface area contributed by atoms with Gasteiger partial charge >= 0.3 is 0 Å². The number of aromatic nitrogens is 2. The molecule has 1 aromatic rings. The van der Waals surface area contributed by atoms with Crippen molar-refractivity contribution in [1.82, 2.24) is 15.1 Å². The second-order valence-electron chi connectivity index (χ2n) is 5.73. The molecule has 1 aliphatic heterocycles. The number of anilines is 1. The van der Waals surface area contributed by atoms with Crippen LogP contribution in [0.25, 0.3) is 0 Å². The van der Waals surface area contributed by atoms with E-state index < -0.39 is 0 Å². The van der Waals surface area contributed by atoms with E-state index in [1.54, 1.807) is 0 Å². The Morgan fingerprint density at radius 1 is 1.37 bits per heavy atom. The van der Waals surface area contributed by atoms with Gasteiger partial charge in [-0.05, 0) is 46.1 Å². The lowest BCUT2D eigenvalue weighted by atomic mass is 10.0. The summed E-state index contributed by atoms with van der Waals surface area (Å²) in [6, 6.07) is 0.633. The Balaban J connectivity index is 2.22. The maximum Gasteiger partial charge on any atom is 0.131 e. The Labute approximate surface area is 117 Å². The molecule has 1 aromatic heterocycles. The SMILES string of the molecule is CCCNCc1c(C)nn(C)c1N1CCCCC1C. The van der Waals surface area contributed by atoms with E-state index in [1.807, 2.05) is 0 Å². The highest BCUT2D eigenvalue weighted by atomic mass is 15.4. The molecule has 0 saturated carbocycles. The summed E-state index contributed by atoms with van der Waals surface area (Å²) in [5, 5.41) is 8.15. The van der Waals surface area contributed by atoms with E-state index in [1.165, 1.54) is 49.3 Å². The first-order chi connectivity index (χ1) is 9.15. The van der Waals surface area contributed by atoms with Gasteiger partial charge in [0.05, 0.1) is 5.69 Å². The van der Waals surface area contributed by atoms with Crippen LogP contribution >= 0.6 is 0 Å². The largest absolute Gasteiger partial charge is 0.354 e. The lowest BCUT2D eigenvalue weighted by Gasteiger charge is -2.35. The van der Waals surface area contributed by atoms with Crippen molar-refractivity contribution in [3.63, 3.8) is 0 Å². The van der Waals surface area contributed by atoms with Crippen LogP contribution in [-0.2, 0) is 13.6 Å². The second-order valence-corrected chi connectivity index (χ2v) is 5.73. The Morgan fingerprint density at radius 3 is 2.84 bits per heavy atom. The predicted octanol–water partition coefficient (Wildman–Crippen LogP) is 2.61. The van der Waals surface area contributed by atoms with Gasteiger partial charge in [-0.1, -0.05) is 6.92 Å². The summed E-state index contributed by atoms with van der Waals surface area (Å²) >= 11 is 0. The third kappa shape index (κ3) is 3.11. The Hall–Kier alpha value is -1.03. The Morgan fingerprint density at radius 2 is 2.16 bits per heavy atom. The molecular weight excluding hydrogens is 236 g/mol. The molecule has 0 amide bonds. The predicted molar refractivity (Wildman–Crippen MR) is 80.6 cm³/mol. The van der Waals surface area contributed by atoms with Crippen LogP contribution in [0.15, 0.2) is 0 Å². The molecule has 1 aliphatic rings. The maximum absolute atomic E-state index is 4.63.